The van der Waals surface area contributed by atoms with Gasteiger partial charge in [-0.05, 0) is 31.4 Å². The fourth-order valence-corrected chi connectivity index (χ4v) is 2.09. The Morgan fingerprint density at radius 1 is 1.47 bits per heavy atom. The lowest BCUT2D eigenvalue weighted by molar-refractivity contribution is 0.455. The van der Waals surface area contributed by atoms with Crippen molar-refractivity contribution in [2.75, 3.05) is 6.54 Å². The maximum absolute atomic E-state index is 4.37. The molecule has 0 aliphatic rings. The third-order valence-corrected chi connectivity index (χ3v) is 3.52. The van der Waals surface area contributed by atoms with Crippen molar-refractivity contribution >= 4 is 0 Å². The maximum Gasteiger partial charge on any atom is 0.0678 e. The summed E-state index contributed by atoms with van der Waals surface area (Å²) in [4.78, 5) is 0. The van der Waals surface area contributed by atoms with Crippen molar-refractivity contribution in [2.45, 2.75) is 58.9 Å². The van der Waals surface area contributed by atoms with Crippen molar-refractivity contribution in [1.82, 2.24) is 15.5 Å². The molecule has 2 N–H and O–H groups in total. The molecular weight excluding hydrogens is 234 g/mol. The Labute approximate surface area is 117 Å². The average Bonchev–Trinajstić information content (AvgIpc) is 2.81. The van der Waals surface area contributed by atoms with Gasteiger partial charge in [0.25, 0.3) is 0 Å². The molecule has 1 unspecified atom stereocenters. The van der Waals surface area contributed by atoms with Crippen LogP contribution in [0, 0.1) is 5.92 Å². The highest BCUT2D eigenvalue weighted by Gasteiger charge is 2.17. The molecule has 1 heterocycles. The fourth-order valence-electron chi connectivity index (χ4n) is 2.09. The number of hydrogen-bond acceptors (Lipinski definition) is 2. The van der Waals surface area contributed by atoms with Crippen LogP contribution in [0.3, 0.4) is 0 Å². The Morgan fingerprint density at radius 3 is 2.74 bits per heavy atom. The van der Waals surface area contributed by atoms with Crippen LogP contribution in [0.5, 0.6) is 0 Å². The van der Waals surface area contributed by atoms with Gasteiger partial charge < -0.3 is 5.32 Å². The molecule has 0 aromatic carbocycles. The van der Waals surface area contributed by atoms with E-state index in [9.17, 15) is 0 Å². The highest BCUT2D eigenvalue weighted by molar-refractivity contribution is 5.16. The molecule has 3 nitrogen and oxygen atoms in total. The molecule has 0 spiro atoms. The minimum atomic E-state index is 0.117. The van der Waals surface area contributed by atoms with Crippen LogP contribution in [0.2, 0.25) is 0 Å². The first-order valence-corrected chi connectivity index (χ1v) is 7.33. The van der Waals surface area contributed by atoms with Crippen molar-refractivity contribution in [3.05, 3.63) is 30.1 Å². The summed E-state index contributed by atoms with van der Waals surface area (Å²) in [6, 6.07) is 2.16. The Morgan fingerprint density at radius 2 is 2.21 bits per heavy atom. The Kier molecular flexibility index (Phi) is 6.29. The number of H-pyrrole nitrogens is 1. The van der Waals surface area contributed by atoms with Crippen LogP contribution in [-0.2, 0) is 12.0 Å². The number of hydrogen-bond donors (Lipinski definition) is 2. The van der Waals surface area contributed by atoms with Gasteiger partial charge in [0.2, 0.25) is 0 Å². The predicted molar refractivity (Wildman–Crippen MR) is 82.2 cm³/mol. The van der Waals surface area contributed by atoms with E-state index in [2.05, 4.69) is 55.9 Å². The van der Waals surface area contributed by atoms with Gasteiger partial charge in [-0.1, -0.05) is 40.2 Å². The summed E-state index contributed by atoms with van der Waals surface area (Å²) in [5.41, 5.74) is 2.41. The molecule has 108 valence electrons. The normalized spacial score (nSPS) is 13.5. The van der Waals surface area contributed by atoms with Gasteiger partial charge in [0.05, 0.1) is 5.69 Å². The number of allylic oxidation sites excluding steroid dienone is 1. The van der Waals surface area contributed by atoms with Crippen molar-refractivity contribution in [1.29, 1.82) is 0 Å². The minimum Gasteiger partial charge on any atom is -0.311 e. The largest absolute Gasteiger partial charge is 0.311 e. The van der Waals surface area contributed by atoms with Crippen LogP contribution >= 0.6 is 0 Å². The lowest BCUT2D eigenvalue weighted by atomic mass is 9.92. The summed E-state index contributed by atoms with van der Waals surface area (Å²) < 4.78 is 0. The van der Waals surface area contributed by atoms with E-state index < -0.39 is 0 Å². The van der Waals surface area contributed by atoms with E-state index in [-0.39, 0.29) is 5.41 Å². The zero-order valence-electron chi connectivity index (χ0n) is 12.9. The highest BCUT2D eigenvalue weighted by Crippen LogP contribution is 2.20. The van der Waals surface area contributed by atoms with Crippen molar-refractivity contribution in [2.24, 2.45) is 5.92 Å². The molecule has 1 aromatic heterocycles. The minimum absolute atomic E-state index is 0.117. The maximum atomic E-state index is 4.37. The summed E-state index contributed by atoms with van der Waals surface area (Å²) in [5, 5.41) is 11.0. The molecule has 0 aliphatic carbocycles. The van der Waals surface area contributed by atoms with E-state index in [1.165, 1.54) is 18.5 Å². The Balaban J connectivity index is 2.29. The third-order valence-electron chi connectivity index (χ3n) is 3.52. The van der Waals surface area contributed by atoms with Crippen LogP contribution in [0.25, 0.3) is 0 Å². The fraction of sp³-hybridized carbons (Fsp3) is 0.688. The Bertz CT molecular complexity index is 374. The van der Waals surface area contributed by atoms with Gasteiger partial charge in [-0.3, -0.25) is 5.10 Å². The molecular formula is C16H29N3. The van der Waals surface area contributed by atoms with Crippen molar-refractivity contribution < 1.29 is 0 Å². The lowest BCUT2D eigenvalue weighted by Crippen LogP contribution is -2.17. The standard InChI is InChI=1S/C16H29N3/c1-6-8-13(7-2)9-10-17-12-14-11-15(19-18-14)16(3,4)5/h6,11,13,17H,1,7-10,12H2,2-5H3,(H,18,19). The summed E-state index contributed by atoms with van der Waals surface area (Å²) in [6.07, 6.45) is 5.59. The molecule has 19 heavy (non-hydrogen) atoms. The molecule has 1 aromatic rings. The second-order valence-corrected chi connectivity index (χ2v) is 6.29. The first-order chi connectivity index (χ1) is 8.97. The summed E-state index contributed by atoms with van der Waals surface area (Å²) in [5.74, 6) is 0.761. The van der Waals surface area contributed by atoms with Crippen LogP contribution in [0.15, 0.2) is 18.7 Å². The lowest BCUT2D eigenvalue weighted by Gasteiger charge is -2.13. The highest BCUT2D eigenvalue weighted by atomic mass is 15.1. The third kappa shape index (κ3) is 5.60. The zero-order chi connectivity index (χ0) is 14.3. The van der Waals surface area contributed by atoms with E-state index >= 15 is 0 Å². The van der Waals surface area contributed by atoms with Gasteiger partial charge in [-0.25, -0.2) is 0 Å². The van der Waals surface area contributed by atoms with E-state index in [1.807, 2.05) is 6.08 Å². The van der Waals surface area contributed by atoms with Gasteiger partial charge in [0.1, 0.15) is 0 Å². The monoisotopic (exact) mass is 263 g/mol. The molecule has 0 radical (unpaired) electrons. The second-order valence-electron chi connectivity index (χ2n) is 6.29. The van der Waals surface area contributed by atoms with E-state index in [1.54, 1.807) is 0 Å². The molecule has 0 amide bonds. The molecule has 3 heteroatoms. The topological polar surface area (TPSA) is 40.7 Å². The second kappa shape index (κ2) is 7.49. The van der Waals surface area contributed by atoms with E-state index in [0.29, 0.717) is 0 Å². The van der Waals surface area contributed by atoms with Crippen molar-refractivity contribution in [3.8, 4) is 0 Å². The molecule has 1 rings (SSSR count). The van der Waals surface area contributed by atoms with Gasteiger partial charge >= 0.3 is 0 Å². The van der Waals surface area contributed by atoms with Crippen molar-refractivity contribution in [3.63, 3.8) is 0 Å². The summed E-state index contributed by atoms with van der Waals surface area (Å²) in [6.45, 7) is 14.5. The van der Waals surface area contributed by atoms with Gasteiger partial charge in [-0.2, -0.15) is 5.10 Å². The molecule has 1 atom stereocenters. The van der Waals surface area contributed by atoms with Crippen LogP contribution in [-0.4, -0.2) is 16.7 Å². The number of aromatic amines is 1. The quantitative estimate of drug-likeness (QED) is 0.553. The molecule has 0 fully saturated rings. The first kappa shape index (κ1) is 16.0. The Hall–Kier alpha value is -1.09. The average molecular weight is 263 g/mol. The number of aromatic nitrogens is 2. The smallest absolute Gasteiger partial charge is 0.0678 e. The van der Waals surface area contributed by atoms with Gasteiger partial charge in [-0.15, -0.1) is 6.58 Å². The molecule has 0 bridgehead atoms. The zero-order valence-corrected chi connectivity index (χ0v) is 12.9. The number of nitrogens with zero attached hydrogens (tertiary/aromatic N) is 1. The van der Waals surface area contributed by atoms with Gasteiger partial charge in [0.15, 0.2) is 0 Å². The predicted octanol–water partition coefficient (Wildman–Crippen LogP) is 3.79. The number of rotatable bonds is 8. The van der Waals surface area contributed by atoms with Crippen LogP contribution < -0.4 is 5.32 Å². The van der Waals surface area contributed by atoms with Crippen LogP contribution in [0.1, 0.15) is 58.3 Å². The first-order valence-electron chi connectivity index (χ1n) is 7.33. The molecule has 0 saturated carbocycles. The van der Waals surface area contributed by atoms with E-state index in [4.69, 9.17) is 0 Å². The van der Waals surface area contributed by atoms with E-state index in [0.717, 1.165) is 31.1 Å². The van der Waals surface area contributed by atoms with Gasteiger partial charge in [0, 0.05) is 17.7 Å². The molecule has 0 aliphatic heterocycles. The number of nitrogens with one attached hydrogen (secondary N) is 2. The SMILES string of the molecule is C=CCC(CC)CCNCc1cc(C(C)(C)C)n[nH]1. The van der Waals surface area contributed by atoms with Crippen LogP contribution in [0.4, 0.5) is 0 Å². The summed E-state index contributed by atoms with van der Waals surface area (Å²) >= 11 is 0. The summed E-state index contributed by atoms with van der Waals surface area (Å²) in [7, 11) is 0. The molecule has 0 saturated heterocycles.